The van der Waals surface area contributed by atoms with Crippen LogP contribution in [0.25, 0.3) is 11.0 Å². The van der Waals surface area contributed by atoms with Gasteiger partial charge in [-0.25, -0.2) is 9.59 Å². The summed E-state index contributed by atoms with van der Waals surface area (Å²) < 4.78 is 9.21. The second-order valence-corrected chi connectivity index (χ2v) is 3.91. The standard InChI is InChI=1S/C11H6ClNO6/c1-18-10(14)6-4-5-7(12)2-3-8(13(16)17)9(5)19-11(6)15/h2-4H,1H3. The summed E-state index contributed by atoms with van der Waals surface area (Å²) in [6.07, 6.45) is 0. The van der Waals surface area contributed by atoms with Crippen molar-refractivity contribution in [2.75, 3.05) is 7.11 Å². The van der Waals surface area contributed by atoms with E-state index in [4.69, 9.17) is 16.0 Å². The number of rotatable bonds is 2. The summed E-state index contributed by atoms with van der Waals surface area (Å²) in [5.41, 5.74) is -2.09. The molecule has 1 aromatic heterocycles. The molecule has 2 aromatic rings. The third-order valence-electron chi connectivity index (χ3n) is 2.43. The number of hydrogen-bond acceptors (Lipinski definition) is 6. The molecular formula is C11H6ClNO6. The van der Waals surface area contributed by atoms with E-state index >= 15 is 0 Å². The van der Waals surface area contributed by atoms with Gasteiger partial charge >= 0.3 is 17.3 Å². The largest absolute Gasteiger partial charge is 0.465 e. The van der Waals surface area contributed by atoms with E-state index in [2.05, 4.69) is 4.74 Å². The average molecular weight is 284 g/mol. The molecule has 8 heteroatoms. The summed E-state index contributed by atoms with van der Waals surface area (Å²) in [5.74, 6) is -0.904. The monoisotopic (exact) mass is 283 g/mol. The maximum Gasteiger partial charge on any atom is 0.351 e. The minimum atomic E-state index is -1.02. The fraction of sp³-hybridized carbons (Fsp3) is 0.0909. The molecule has 1 aromatic carbocycles. The Morgan fingerprint density at radius 3 is 2.74 bits per heavy atom. The normalized spacial score (nSPS) is 10.4. The number of non-ortho nitro benzene ring substituents is 1. The molecule has 0 saturated heterocycles. The Kier molecular flexibility index (Phi) is 3.22. The molecule has 0 fully saturated rings. The predicted molar refractivity (Wildman–Crippen MR) is 65.5 cm³/mol. The summed E-state index contributed by atoms with van der Waals surface area (Å²) in [7, 11) is 1.10. The van der Waals surface area contributed by atoms with Gasteiger partial charge in [-0.1, -0.05) is 11.6 Å². The lowest BCUT2D eigenvalue weighted by Gasteiger charge is -2.02. The third-order valence-corrected chi connectivity index (χ3v) is 2.76. The number of nitro groups is 1. The van der Waals surface area contributed by atoms with Crippen molar-refractivity contribution in [1.82, 2.24) is 0 Å². The number of nitrogens with zero attached hydrogens (tertiary/aromatic N) is 1. The zero-order chi connectivity index (χ0) is 14.2. The second kappa shape index (κ2) is 4.69. The van der Waals surface area contributed by atoms with E-state index < -0.39 is 22.2 Å². The van der Waals surface area contributed by atoms with Gasteiger partial charge in [-0.3, -0.25) is 10.1 Å². The maximum absolute atomic E-state index is 11.6. The van der Waals surface area contributed by atoms with Gasteiger partial charge in [0.1, 0.15) is 5.56 Å². The number of nitro benzene ring substituents is 1. The lowest BCUT2D eigenvalue weighted by molar-refractivity contribution is -0.383. The second-order valence-electron chi connectivity index (χ2n) is 3.51. The van der Waals surface area contributed by atoms with E-state index in [9.17, 15) is 19.7 Å². The van der Waals surface area contributed by atoms with Crippen LogP contribution in [0, 0.1) is 10.1 Å². The van der Waals surface area contributed by atoms with E-state index in [-0.39, 0.29) is 21.6 Å². The zero-order valence-electron chi connectivity index (χ0n) is 9.51. The molecule has 19 heavy (non-hydrogen) atoms. The summed E-state index contributed by atoms with van der Waals surface area (Å²) in [4.78, 5) is 33.0. The first-order valence-electron chi connectivity index (χ1n) is 4.94. The molecule has 1 heterocycles. The molecular weight excluding hydrogens is 278 g/mol. The van der Waals surface area contributed by atoms with Crippen LogP contribution in [0.5, 0.6) is 0 Å². The third kappa shape index (κ3) is 2.15. The quantitative estimate of drug-likeness (QED) is 0.362. The van der Waals surface area contributed by atoms with Gasteiger partial charge in [-0.05, 0) is 12.1 Å². The van der Waals surface area contributed by atoms with Gasteiger partial charge in [0, 0.05) is 11.5 Å². The smallest absolute Gasteiger partial charge is 0.351 e. The first kappa shape index (κ1) is 13.0. The zero-order valence-corrected chi connectivity index (χ0v) is 10.3. The number of halogens is 1. The summed E-state index contributed by atoms with van der Waals surface area (Å²) >= 11 is 5.87. The molecule has 0 radical (unpaired) electrons. The Bertz CT molecular complexity index is 751. The number of hydrogen-bond donors (Lipinski definition) is 0. The number of methoxy groups -OCH3 is 1. The lowest BCUT2D eigenvalue weighted by Crippen LogP contribution is -2.15. The molecule has 98 valence electrons. The minimum Gasteiger partial charge on any atom is -0.465 e. The molecule has 0 atom stereocenters. The van der Waals surface area contributed by atoms with Crippen LogP contribution in [-0.2, 0) is 4.74 Å². The van der Waals surface area contributed by atoms with Crippen molar-refractivity contribution >= 4 is 34.2 Å². The molecule has 0 aliphatic heterocycles. The Hall–Kier alpha value is -2.41. The van der Waals surface area contributed by atoms with Gasteiger partial charge in [0.15, 0.2) is 0 Å². The van der Waals surface area contributed by atoms with E-state index in [1.165, 1.54) is 6.07 Å². The Labute approximate surface area is 110 Å². The van der Waals surface area contributed by atoms with E-state index in [0.29, 0.717) is 0 Å². The van der Waals surface area contributed by atoms with Gasteiger partial charge < -0.3 is 9.15 Å². The number of benzene rings is 1. The fourth-order valence-corrected chi connectivity index (χ4v) is 1.76. The van der Waals surface area contributed by atoms with Crippen molar-refractivity contribution in [2.24, 2.45) is 0 Å². The van der Waals surface area contributed by atoms with E-state index in [1.807, 2.05) is 0 Å². The molecule has 0 saturated carbocycles. The van der Waals surface area contributed by atoms with Crippen LogP contribution < -0.4 is 5.63 Å². The van der Waals surface area contributed by atoms with E-state index in [0.717, 1.165) is 19.2 Å². The minimum absolute atomic E-state index is 0.0934. The van der Waals surface area contributed by atoms with Crippen molar-refractivity contribution in [2.45, 2.75) is 0 Å². The maximum atomic E-state index is 11.6. The molecule has 7 nitrogen and oxygen atoms in total. The highest BCUT2D eigenvalue weighted by Gasteiger charge is 2.21. The molecule has 0 spiro atoms. The molecule has 2 rings (SSSR count). The highest BCUT2D eigenvalue weighted by atomic mass is 35.5. The molecule has 0 bridgehead atoms. The Morgan fingerprint density at radius 2 is 2.16 bits per heavy atom. The number of fused-ring (bicyclic) bond motifs is 1. The summed E-state index contributed by atoms with van der Waals surface area (Å²) in [5, 5.41) is 11.0. The van der Waals surface area contributed by atoms with Gasteiger partial charge in [-0.15, -0.1) is 0 Å². The number of carbonyl (C=O) groups is 1. The van der Waals surface area contributed by atoms with Crippen molar-refractivity contribution < 1.29 is 18.9 Å². The molecule has 0 unspecified atom stereocenters. The SMILES string of the molecule is COC(=O)c1cc2c(Cl)ccc([N+](=O)[O-])c2oc1=O. The van der Waals surface area contributed by atoms with Gasteiger partial charge in [0.25, 0.3) is 0 Å². The van der Waals surface area contributed by atoms with Gasteiger partial charge in [0.2, 0.25) is 5.58 Å². The van der Waals surface area contributed by atoms with Crippen LogP contribution in [0.2, 0.25) is 5.02 Å². The van der Waals surface area contributed by atoms with E-state index in [1.54, 1.807) is 0 Å². The van der Waals surface area contributed by atoms with Crippen molar-refractivity contribution in [3.63, 3.8) is 0 Å². The summed E-state index contributed by atoms with van der Waals surface area (Å²) in [6, 6.07) is 3.51. The first-order chi connectivity index (χ1) is 8.95. The highest BCUT2D eigenvalue weighted by molar-refractivity contribution is 6.35. The highest BCUT2D eigenvalue weighted by Crippen LogP contribution is 2.30. The van der Waals surface area contributed by atoms with Crippen molar-refractivity contribution in [1.29, 1.82) is 0 Å². The molecule has 0 aliphatic rings. The van der Waals surface area contributed by atoms with Gasteiger partial charge in [0.05, 0.1) is 17.1 Å². The molecule has 0 N–H and O–H groups in total. The Balaban J connectivity index is 2.88. The van der Waals surface area contributed by atoms with Crippen LogP contribution >= 0.6 is 11.6 Å². The van der Waals surface area contributed by atoms with Crippen LogP contribution in [-0.4, -0.2) is 18.0 Å². The van der Waals surface area contributed by atoms with Crippen molar-refractivity contribution in [3.05, 3.63) is 49.3 Å². The fourth-order valence-electron chi connectivity index (χ4n) is 1.55. The average Bonchev–Trinajstić information content (AvgIpc) is 2.37. The molecule has 0 aliphatic carbocycles. The molecule has 0 amide bonds. The Morgan fingerprint density at radius 1 is 1.47 bits per heavy atom. The van der Waals surface area contributed by atoms with Crippen LogP contribution in [0.3, 0.4) is 0 Å². The lowest BCUT2D eigenvalue weighted by atomic mass is 10.1. The van der Waals surface area contributed by atoms with Crippen molar-refractivity contribution in [3.8, 4) is 0 Å². The van der Waals surface area contributed by atoms with Gasteiger partial charge in [-0.2, -0.15) is 0 Å². The van der Waals surface area contributed by atoms with Crippen LogP contribution in [0.1, 0.15) is 10.4 Å². The number of carbonyl (C=O) groups excluding carboxylic acids is 1. The topological polar surface area (TPSA) is 99.7 Å². The van der Waals surface area contributed by atoms with Crippen LogP contribution in [0.15, 0.2) is 27.4 Å². The summed E-state index contributed by atoms with van der Waals surface area (Å²) in [6.45, 7) is 0. The number of ether oxygens (including phenoxy) is 1. The predicted octanol–water partition coefficient (Wildman–Crippen LogP) is 2.14. The first-order valence-corrected chi connectivity index (χ1v) is 5.32. The van der Waals surface area contributed by atoms with Crippen LogP contribution in [0.4, 0.5) is 5.69 Å². The number of esters is 1.